The number of nitrogens with zero attached hydrogens (tertiary/aromatic N) is 2. The molecule has 0 aromatic carbocycles. The second-order valence-corrected chi connectivity index (χ2v) is 11.0. The van der Waals surface area contributed by atoms with Gasteiger partial charge in [0.15, 0.2) is 10.9 Å². The molecule has 0 bridgehead atoms. The van der Waals surface area contributed by atoms with E-state index in [9.17, 15) is 9.59 Å². The SMILES string of the molecule is Cc1c(C(=O)Nc2nc(CN3CC(C)CC(C)C3)cs2)[nH]c2c1C(=O)CC(C)(C)C2. The van der Waals surface area contributed by atoms with Crippen molar-refractivity contribution >= 4 is 28.2 Å². The number of hydrogen-bond donors (Lipinski definition) is 2. The predicted octanol–water partition coefficient (Wildman–Crippen LogP) is 4.66. The standard InChI is InChI=1S/C23H32N4O2S/c1-13-6-14(2)10-27(9-13)11-16-12-30-22(24-16)26-21(29)20-15(3)19-17(25-20)7-23(4,5)8-18(19)28/h12-14,25H,6-11H2,1-5H3,(H,24,26,29). The number of thiazole rings is 1. The third-order valence-electron chi connectivity index (χ3n) is 6.23. The lowest BCUT2D eigenvalue weighted by Crippen LogP contribution is -2.38. The van der Waals surface area contributed by atoms with E-state index in [1.165, 1.54) is 17.8 Å². The number of piperidine rings is 1. The number of nitrogens with one attached hydrogen (secondary N) is 2. The van der Waals surface area contributed by atoms with E-state index >= 15 is 0 Å². The Kier molecular flexibility index (Phi) is 5.62. The molecular weight excluding hydrogens is 396 g/mol. The van der Waals surface area contributed by atoms with Gasteiger partial charge < -0.3 is 4.98 Å². The summed E-state index contributed by atoms with van der Waals surface area (Å²) in [5, 5.41) is 5.56. The van der Waals surface area contributed by atoms with Crippen molar-refractivity contribution in [2.45, 2.75) is 60.4 Å². The molecule has 1 fully saturated rings. The van der Waals surface area contributed by atoms with Gasteiger partial charge in [0.25, 0.3) is 5.91 Å². The number of amides is 1. The van der Waals surface area contributed by atoms with Crippen LogP contribution in [0.5, 0.6) is 0 Å². The second kappa shape index (κ2) is 7.93. The summed E-state index contributed by atoms with van der Waals surface area (Å²) in [5.41, 5.74) is 3.72. The molecule has 0 spiro atoms. The second-order valence-electron chi connectivity index (χ2n) is 10.2. The van der Waals surface area contributed by atoms with Crippen molar-refractivity contribution < 1.29 is 9.59 Å². The molecule has 30 heavy (non-hydrogen) atoms. The van der Waals surface area contributed by atoms with Crippen LogP contribution in [0.2, 0.25) is 0 Å². The maximum atomic E-state index is 12.9. The average Bonchev–Trinajstić information content (AvgIpc) is 3.17. The third-order valence-corrected chi connectivity index (χ3v) is 7.04. The maximum Gasteiger partial charge on any atom is 0.274 e. The van der Waals surface area contributed by atoms with Crippen molar-refractivity contribution in [2.75, 3.05) is 18.4 Å². The summed E-state index contributed by atoms with van der Waals surface area (Å²) in [6.07, 6.45) is 2.58. The largest absolute Gasteiger partial charge is 0.354 e. The summed E-state index contributed by atoms with van der Waals surface area (Å²) in [7, 11) is 0. The molecule has 2 aromatic rings. The first-order chi connectivity index (χ1) is 14.1. The van der Waals surface area contributed by atoms with E-state index in [4.69, 9.17) is 0 Å². The number of anilines is 1. The van der Waals surface area contributed by atoms with E-state index in [2.05, 4.69) is 47.9 Å². The van der Waals surface area contributed by atoms with Crippen LogP contribution in [0.1, 0.15) is 78.3 Å². The zero-order chi connectivity index (χ0) is 21.6. The van der Waals surface area contributed by atoms with Crippen LogP contribution >= 0.6 is 11.3 Å². The number of Topliss-reactive ketones (excluding diaryl/α,β-unsaturated/α-hetero) is 1. The fraction of sp³-hybridized carbons (Fsp3) is 0.609. The van der Waals surface area contributed by atoms with Crippen LogP contribution in [0.4, 0.5) is 5.13 Å². The number of fused-ring (bicyclic) bond motifs is 1. The molecule has 1 amide bonds. The van der Waals surface area contributed by atoms with Crippen molar-refractivity contribution in [1.82, 2.24) is 14.9 Å². The van der Waals surface area contributed by atoms with Gasteiger partial charge >= 0.3 is 0 Å². The van der Waals surface area contributed by atoms with Crippen molar-refractivity contribution in [3.63, 3.8) is 0 Å². The van der Waals surface area contributed by atoms with Crippen LogP contribution < -0.4 is 5.32 Å². The Balaban J connectivity index is 1.45. The minimum Gasteiger partial charge on any atom is -0.354 e. The molecule has 0 radical (unpaired) electrons. The average molecular weight is 429 g/mol. The lowest BCUT2D eigenvalue weighted by atomic mass is 9.75. The Bertz CT molecular complexity index is 964. The van der Waals surface area contributed by atoms with Crippen LogP contribution in [0.3, 0.4) is 0 Å². The first-order valence-electron chi connectivity index (χ1n) is 10.8. The van der Waals surface area contributed by atoms with E-state index in [-0.39, 0.29) is 17.1 Å². The van der Waals surface area contributed by atoms with Gasteiger partial charge in [0.1, 0.15) is 5.69 Å². The zero-order valence-corrected chi connectivity index (χ0v) is 19.4. The van der Waals surface area contributed by atoms with E-state index in [1.807, 2.05) is 12.3 Å². The number of aromatic amines is 1. The van der Waals surface area contributed by atoms with Crippen molar-refractivity contribution in [1.29, 1.82) is 0 Å². The van der Waals surface area contributed by atoms with Crippen molar-refractivity contribution in [2.24, 2.45) is 17.3 Å². The van der Waals surface area contributed by atoms with Crippen LogP contribution in [-0.2, 0) is 13.0 Å². The number of likely N-dealkylation sites (tertiary alicyclic amines) is 1. The first kappa shape index (κ1) is 21.2. The van der Waals surface area contributed by atoms with Gasteiger partial charge in [-0.15, -0.1) is 11.3 Å². The molecule has 2 atom stereocenters. The van der Waals surface area contributed by atoms with Crippen LogP contribution in [0.15, 0.2) is 5.38 Å². The number of hydrogen-bond acceptors (Lipinski definition) is 5. The molecule has 2 aromatic heterocycles. The van der Waals surface area contributed by atoms with Crippen molar-refractivity contribution in [3.8, 4) is 0 Å². The Morgan fingerprint density at radius 3 is 2.70 bits per heavy atom. The molecule has 1 saturated heterocycles. The molecule has 2 unspecified atom stereocenters. The molecule has 3 heterocycles. The highest BCUT2D eigenvalue weighted by molar-refractivity contribution is 7.14. The van der Waals surface area contributed by atoms with Gasteiger partial charge in [-0.3, -0.25) is 19.8 Å². The summed E-state index contributed by atoms with van der Waals surface area (Å²) in [6, 6.07) is 0. The highest BCUT2D eigenvalue weighted by Gasteiger charge is 2.35. The monoisotopic (exact) mass is 428 g/mol. The summed E-state index contributed by atoms with van der Waals surface area (Å²) in [5.74, 6) is 1.31. The normalized spacial score (nSPS) is 24.0. The highest BCUT2D eigenvalue weighted by Crippen LogP contribution is 2.37. The minimum atomic E-state index is -0.228. The van der Waals surface area contributed by atoms with Gasteiger partial charge in [-0.2, -0.15) is 0 Å². The number of carbonyl (C=O) groups excluding carboxylic acids is 2. The maximum absolute atomic E-state index is 12.9. The van der Waals surface area contributed by atoms with Gasteiger partial charge in [0.2, 0.25) is 0 Å². The lowest BCUT2D eigenvalue weighted by molar-refractivity contribution is 0.0910. The fourth-order valence-corrected chi connectivity index (χ4v) is 5.90. The molecular formula is C23H32N4O2S. The van der Waals surface area contributed by atoms with E-state index in [0.717, 1.165) is 43.0 Å². The van der Waals surface area contributed by atoms with Gasteiger partial charge in [-0.05, 0) is 42.6 Å². The van der Waals surface area contributed by atoms with E-state index < -0.39 is 0 Å². The van der Waals surface area contributed by atoms with E-state index in [1.54, 1.807) is 0 Å². The van der Waals surface area contributed by atoms with Crippen LogP contribution in [-0.4, -0.2) is 39.6 Å². The molecule has 2 aliphatic rings. The van der Waals surface area contributed by atoms with Gasteiger partial charge in [0.05, 0.1) is 5.69 Å². The Morgan fingerprint density at radius 1 is 1.30 bits per heavy atom. The van der Waals surface area contributed by atoms with Crippen molar-refractivity contribution in [3.05, 3.63) is 33.6 Å². The molecule has 162 valence electrons. The Labute approximate surface area is 182 Å². The molecule has 0 saturated carbocycles. The molecule has 4 rings (SSSR count). The Morgan fingerprint density at radius 2 is 2.00 bits per heavy atom. The zero-order valence-electron chi connectivity index (χ0n) is 18.6. The lowest BCUT2D eigenvalue weighted by Gasteiger charge is -2.34. The summed E-state index contributed by atoms with van der Waals surface area (Å²) < 4.78 is 0. The van der Waals surface area contributed by atoms with Gasteiger partial charge in [0, 0.05) is 42.7 Å². The fourth-order valence-electron chi connectivity index (χ4n) is 5.21. The van der Waals surface area contributed by atoms with Crippen LogP contribution in [0.25, 0.3) is 0 Å². The number of aromatic nitrogens is 2. The number of carbonyl (C=O) groups is 2. The predicted molar refractivity (Wildman–Crippen MR) is 120 cm³/mol. The summed E-state index contributed by atoms with van der Waals surface area (Å²) in [4.78, 5) is 35.8. The third kappa shape index (κ3) is 4.37. The number of rotatable bonds is 4. The first-order valence-corrected chi connectivity index (χ1v) is 11.7. The molecule has 2 N–H and O–H groups in total. The summed E-state index contributed by atoms with van der Waals surface area (Å²) in [6.45, 7) is 13.7. The highest BCUT2D eigenvalue weighted by atomic mass is 32.1. The number of ketones is 1. The molecule has 6 nitrogen and oxygen atoms in total. The molecule has 1 aliphatic heterocycles. The van der Waals surface area contributed by atoms with E-state index in [0.29, 0.717) is 34.6 Å². The molecule has 7 heteroatoms. The topological polar surface area (TPSA) is 78.1 Å². The quantitative estimate of drug-likeness (QED) is 0.742. The minimum absolute atomic E-state index is 0.0806. The molecule has 1 aliphatic carbocycles. The van der Waals surface area contributed by atoms with Crippen LogP contribution in [0, 0.1) is 24.2 Å². The van der Waals surface area contributed by atoms with Gasteiger partial charge in [-0.1, -0.05) is 27.7 Å². The summed E-state index contributed by atoms with van der Waals surface area (Å²) >= 11 is 1.45. The smallest absolute Gasteiger partial charge is 0.274 e. The Hall–Kier alpha value is -1.99. The van der Waals surface area contributed by atoms with Gasteiger partial charge in [-0.25, -0.2) is 4.98 Å². The number of H-pyrrole nitrogens is 1.